The number of imidazole rings is 1. The van der Waals surface area contributed by atoms with Gasteiger partial charge in [-0.25, -0.2) is 4.98 Å². The summed E-state index contributed by atoms with van der Waals surface area (Å²) in [6, 6.07) is 26.2. The minimum Gasteiger partial charge on any atom is -0.494 e. The van der Waals surface area contributed by atoms with E-state index in [1.165, 1.54) is 11.1 Å². The maximum absolute atomic E-state index is 12.2. The van der Waals surface area contributed by atoms with E-state index in [2.05, 4.69) is 65.3 Å². The van der Waals surface area contributed by atoms with Crippen LogP contribution in [0.25, 0.3) is 11.0 Å². The Kier molecular flexibility index (Phi) is 9.54. The van der Waals surface area contributed by atoms with Gasteiger partial charge in [-0.1, -0.05) is 55.8 Å². The highest BCUT2D eigenvalue weighted by atomic mass is 16.5. The van der Waals surface area contributed by atoms with Gasteiger partial charge in [0.2, 0.25) is 0 Å². The van der Waals surface area contributed by atoms with Crippen LogP contribution in [0.4, 0.5) is 0 Å². The second kappa shape index (κ2) is 13.5. The minimum absolute atomic E-state index is 0.000605. The Hall–Kier alpha value is -3.60. The lowest BCUT2D eigenvalue weighted by Gasteiger charge is -2.11. The normalized spacial score (nSPS) is 11.0. The average Bonchev–Trinajstić information content (AvgIpc) is 3.28. The highest BCUT2D eigenvalue weighted by Crippen LogP contribution is 2.19. The first-order valence-corrected chi connectivity index (χ1v) is 13.2. The number of rotatable bonds is 14. The Morgan fingerprint density at radius 1 is 0.861 bits per heavy atom. The molecule has 5 heteroatoms. The second-order valence-electron chi connectivity index (χ2n) is 9.15. The number of carbonyl (C=O) groups is 1. The number of aryl methyl sites for hydroxylation is 3. The summed E-state index contributed by atoms with van der Waals surface area (Å²) in [5, 5.41) is 3.02. The molecule has 0 bridgehead atoms. The van der Waals surface area contributed by atoms with Crippen molar-refractivity contribution in [2.75, 3.05) is 13.2 Å². The van der Waals surface area contributed by atoms with E-state index in [0.717, 1.165) is 75.2 Å². The fraction of sp³-hybridized carbons (Fsp3) is 0.355. The SMILES string of the molecule is CCc1ccc(OCCCCn2c(CCCCCNC(=O)c3ccccc3)nc3ccccc32)cc1. The van der Waals surface area contributed by atoms with Crippen LogP contribution in [0.2, 0.25) is 0 Å². The van der Waals surface area contributed by atoms with Crippen LogP contribution in [0.1, 0.15) is 60.8 Å². The third-order valence-electron chi connectivity index (χ3n) is 6.51. The summed E-state index contributed by atoms with van der Waals surface area (Å²) in [7, 11) is 0. The molecule has 0 atom stereocenters. The molecule has 0 saturated carbocycles. The Bertz CT molecular complexity index is 1220. The molecule has 0 saturated heterocycles. The summed E-state index contributed by atoms with van der Waals surface area (Å²) in [6.45, 7) is 4.53. The summed E-state index contributed by atoms with van der Waals surface area (Å²) < 4.78 is 8.31. The molecule has 36 heavy (non-hydrogen) atoms. The van der Waals surface area contributed by atoms with Gasteiger partial charge in [-0.3, -0.25) is 4.79 Å². The molecule has 0 aliphatic heterocycles. The van der Waals surface area contributed by atoms with Gasteiger partial charge in [0.25, 0.3) is 5.91 Å². The molecule has 4 aromatic rings. The monoisotopic (exact) mass is 483 g/mol. The number of aromatic nitrogens is 2. The molecule has 1 aromatic heterocycles. The summed E-state index contributed by atoms with van der Waals surface area (Å²) in [4.78, 5) is 17.1. The Morgan fingerprint density at radius 3 is 2.44 bits per heavy atom. The number of carbonyl (C=O) groups excluding carboxylic acids is 1. The Labute approximate surface area is 214 Å². The highest BCUT2D eigenvalue weighted by Gasteiger charge is 2.10. The van der Waals surface area contributed by atoms with Crippen molar-refractivity contribution in [3.8, 4) is 5.75 Å². The smallest absolute Gasteiger partial charge is 0.251 e. The molecule has 3 aromatic carbocycles. The van der Waals surface area contributed by atoms with E-state index in [1.807, 2.05) is 30.3 Å². The molecule has 0 radical (unpaired) electrons. The first kappa shape index (κ1) is 25.5. The number of fused-ring (bicyclic) bond motifs is 1. The van der Waals surface area contributed by atoms with Gasteiger partial charge < -0.3 is 14.6 Å². The number of hydrogen-bond donors (Lipinski definition) is 1. The maximum atomic E-state index is 12.2. The topological polar surface area (TPSA) is 56.1 Å². The number of unbranched alkanes of at least 4 members (excludes halogenated alkanes) is 3. The molecule has 0 aliphatic carbocycles. The number of hydrogen-bond acceptors (Lipinski definition) is 3. The van der Waals surface area contributed by atoms with Crippen molar-refractivity contribution in [3.63, 3.8) is 0 Å². The largest absolute Gasteiger partial charge is 0.494 e. The number of nitrogens with one attached hydrogen (secondary N) is 1. The highest BCUT2D eigenvalue weighted by molar-refractivity contribution is 5.94. The number of benzene rings is 3. The first-order valence-electron chi connectivity index (χ1n) is 13.2. The molecule has 0 aliphatic rings. The van der Waals surface area contributed by atoms with Gasteiger partial charge in [0.05, 0.1) is 17.6 Å². The number of ether oxygens (including phenoxy) is 1. The van der Waals surface area contributed by atoms with Crippen molar-refractivity contribution in [1.82, 2.24) is 14.9 Å². The fourth-order valence-electron chi connectivity index (χ4n) is 4.43. The quantitative estimate of drug-likeness (QED) is 0.206. The predicted molar refractivity (Wildman–Crippen MR) is 147 cm³/mol. The zero-order chi connectivity index (χ0) is 25.0. The van der Waals surface area contributed by atoms with Crippen LogP contribution in [0.15, 0.2) is 78.9 Å². The Morgan fingerprint density at radius 2 is 1.64 bits per heavy atom. The van der Waals surface area contributed by atoms with Crippen LogP contribution in [0, 0.1) is 0 Å². The van der Waals surface area contributed by atoms with Crippen molar-refractivity contribution in [3.05, 3.63) is 95.8 Å². The lowest BCUT2D eigenvalue weighted by Crippen LogP contribution is -2.24. The molecule has 1 heterocycles. The van der Waals surface area contributed by atoms with Gasteiger partial charge in [-0.2, -0.15) is 0 Å². The summed E-state index contributed by atoms with van der Waals surface area (Å²) in [5.41, 5.74) is 4.32. The van der Waals surface area contributed by atoms with Crippen LogP contribution in [0.3, 0.4) is 0 Å². The van der Waals surface area contributed by atoms with Gasteiger partial charge in [-0.05, 0) is 74.1 Å². The maximum Gasteiger partial charge on any atom is 0.251 e. The first-order chi connectivity index (χ1) is 17.7. The van der Waals surface area contributed by atoms with E-state index >= 15 is 0 Å². The van der Waals surface area contributed by atoms with Crippen molar-refractivity contribution in [2.24, 2.45) is 0 Å². The van der Waals surface area contributed by atoms with Gasteiger partial charge in [-0.15, -0.1) is 0 Å². The van der Waals surface area contributed by atoms with Crippen molar-refractivity contribution < 1.29 is 9.53 Å². The third-order valence-corrected chi connectivity index (χ3v) is 6.51. The minimum atomic E-state index is -0.000605. The van der Waals surface area contributed by atoms with Crippen LogP contribution in [0.5, 0.6) is 5.75 Å². The standard InChI is InChI=1S/C31H37N3O2/c1-2-25-18-20-27(21-19-25)36-24-12-11-23-34-29-16-9-8-15-28(29)33-30(34)17-7-4-10-22-32-31(35)26-13-5-3-6-14-26/h3,5-6,8-9,13-16,18-21H,2,4,7,10-12,17,22-24H2,1H3,(H,32,35). The molecule has 0 unspecified atom stereocenters. The van der Waals surface area contributed by atoms with E-state index < -0.39 is 0 Å². The Balaban J connectivity index is 1.21. The lowest BCUT2D eigenvalue weighted by molar-refractivity contribution is 0.0953. The van der Waals surface area contributed by atoms with Gasteiger partial charge >= 0.3 is 0 Å². The van der Waals surface area contributed by atoms with E-state index in [1.54, 1.807) is 0 Å². The average molecular weight is 484 g/mol. The van der Waals surface area contributed by atoms with Crippen LogP contribution >= 0.6 is 0 Å². The van der Waals surface area contributed by atoms with Gasteiger partial charge in [0.15, 0.2) is 0 Å². The van der Waals surface area contributed by atoms with E-state index in [4.69, 9.17) is 9.72 Å². The number of para-hydroxylation sites is 2. The van der Waals surface area contributed by atoms with Crippen molar-refractivity contribution >= 4 is 16.9 Å². The van der Waals surface area contributed by atoms with E-state index in [-0.39, 0.29) is 5.91 Å². The predicted octanol–water partition coefficient (Wildman–Crippen LogP) is 6.60. The third kappa shape index (κ3) is 7.20. The molecule has 1 N–H and O–H groups in total. The lowest BCUT2D eigenvalue weighted by atomic mass is 10.1. The molecule has 4 rings (SSSR count). The number of nitrogens with zero attached hydrogens (tertiary/aromatic N) is 2. The molecule has 1 amide bonds. The van der Waals surface area contributed by atoms with Crippen LogP contribution < -0.4 is 10.1 Å². The molecular weight excluding hydrogens is 446 g/mol. The fourth-order valence-corrected chi connectivity index (χ4v) is 4.43. The van der Waals surface area contributed by atoms with Gasteiger partial charge in [0, 0.05) is 25.1 Å². The zero-order valence-electron chi connectivity index (χ0n) is 21.3. The van der Waals surface area contributed by atoms with E-state index in [0.29, 0.717) is 12.1 Å². The second-order valence-corrected chi connectivity index (χ2v) is 9.15. The number of amides is 1. The summed E-state index contributed by atoms with van der Waals surface area (Å²) in [6.07, 6.45) is 7.13. The molecule has 0 spiro atoms. The van der Waals surface area contributed by atoms with E-state index in [9.17, 15) is 4.79 Å². The molecule has 5 nitrogen and oxygen atoms in total. The zero-order valence-corrected chi connectivity index (χ0v) is 21.3. The van der Waals surface area contributed by atoms with Crippen molar-refractivity contribution in [2.45, 2.75) is 58.4 Å². The molecule has 0 fully saturated rings. The molecule has 188 valence electrons. The van der Waals surface area contributed by atoms with Crippen molar-refractivity contribution in [1.29, 1.82) is 0 Å². The van der Waals surface area contributed by atoms with Crippen LogP contribution in [-0.4, -0.2) is 28.6 Å². The molecular formula is C31H37N3O2. The summed E-state index contributed by atoms with van der Waals surface area (Å²) >= 11 is 0. The van der Waals surface area contributed by atoms with Gasteiger partial charge in [0.1, 0.15) is 11.6 Å². The van der Waals surface area contributed by atoms with Crippen LogP contribution in [-0.2, 0) is 19.4 Å². The summed E-state index contributed by atoms with van der Waals surface area (Å²) in [5.74, 6) is 2.10.